The third kappa shape index (κ3) is 5.38. The zero-order chi connectivity index (χ0) is 26.8. The minimum absolute atomic E-state index is 0.305. The first-order chi connectivity index (χ1) is 19.1. The fraction of sp³-hybridized carbons (Fsp3) is 0.455. The van der Waals surface area contributed by atoms with Crippen LogP contribution in [-0.2, 0) is 9.53 Å². The van der Waals surface area contributed by atoms with Crippen molar-refractivity contribution in [3.05, 3.63) is 71.9 Å². The maximum absolute atomic E-state index is 13.2. The van der Waals surface area contributed by atoms with Crippen molar-refractivity contribution in [1.82, 2.24) is 4.98 Å². The van der Waals surface area contributed by atoms with Crippen LogP contribution in [0.5, 0.6) is 0 Å². The summed E-state index contributed by atoms with van der Waals surface area (Å²) in [5.41, 5.74) is 6.54. The zero-order valence-corrected chi connectivity index (χ0v) is 23.5. The summed E-state index contributed by atoms with van der Waals surface area (Å²) in [6, 6.07) is 19.2. The molecular weight excluding hydrogens is 506 g/mol. The van der Waals surface area contributed by atoms with Crippen LogP contribution in [0.1, 0.15) is 87.1 Å². The Balaban J connectivity index is 1.29. The number of esters is 1. The Labute approximate surface area is 236 Å². The van der Waals surface area contributed by atoms with E-state index in [-0.39, 0.29) is 5.97 Å². The second-order valence-corrected chi connectivity index (χ2v) is 11.7. The molecule has 204 valence electrons. The number of carbonyl (C=O) groups excluding carboxylic acids is 1. The number of aromatic nitrogens is 1. The molecule has 6 rings (SSSR count). The topological polar surface area (TPSA) is 54.5 Å². The molecule has 3 aromatic rings. The Hall–Kier alpha value is -3.05. The van der Waals surface area contributed by atoms with Gasteiger partial charge in [0.2, 0.25) is 0 Å². The van der Waals surface area contributed by atoms with E-state index < -0.39 is 11.4 Å². The van der Waals surface area contributed by atoms with E-state index in [1.54, 1.807) is 0 Å². The van der Waals surface area contributed by atoms with Gasteiger partial charge in [-0.25, -0.2) is 9.78 Å². The SMILES string of the molecule is CCOC(=O)C1C(Cl)c2cc(-c3ccc(C4CCCCC4)cc3)ccc2N1c1ccc(NC2CCCC2)cn1. The van der Waals surface area contributed by atoms with Gasteiger partial charge in [0.15, 0.2) is 6.04 Å². The summed E-state index contributed by atoms with van der Waals surface area (Å²) in [4.78, 5) is 19.9. The minimum atomic E-state index is -0.674. The van der Waals surface area contributed by atoms with Crippen LogP contribution in [0.3, 0.4) is 0 Å². The number of fused-ring (bicyclic) bond motifs is 1. The van der Waals surface area contributed by atoms with Gasteiger partial charge in [-0.1, -0.05) is 62.4 Å². The van der Waals surface area contributed by atoms with Crippen molar-refractivity contribution in [3.63, 3.8) is 0 Å². The van der Waals surface area contributed by atoms with Crippen LogP contribution in [0.2, 0.25) is 0 Å². The van der Waals surface area contributed by atoms with E-state index in [0.717, 1.165) is 28.1 Å². The number of carbonyl (C=O) groups is 1. The maximum atomic E-state index is 13.2. The van der Waals surface area contributed by atoms with Crippen LogP contribution < -0.4 is 10.2 Å². The molecule has 39 heavy (non-hydrogen) atoms. The van der Waals surface area contributed by atoms with Crippen molar-refractivity contribution >= 4 is 34.8 Å². The van der Waals surface area contributed by atoms with Crippen LogP contribution in [0.25, 0.3) is 11.1 Å². The van der Waals surface area contributed by atoms with E-state index in [4.69, 9.17) is 21.3 Å². The summed E-state index contributed by atoms with van der Waals surface area (Å²) in [5, 5.41) is 3.05. The van der Waals surface area contributed by atoms with E-state index in [1.807, 2.05) is 30.2 Å². The van der Waals surface area contributed by atoms with Crippen molar-refractivity contribution in [1.29, 1.82) is 0 Å². The largest absolute Gasteiger partial charge is 0.464 e. The molecule has 2 heterocycles. The smallest absolute Gasteiger partial charge is 0.331 e. The van der Waals surface area contributed by atoms with Gasteiger partial charge in [0.25, 0.3) is 0 Å². The van der Waals surface area contributed by atoms with Gasteiger partial charge in [0, 0.05) is 11.7 Å². The van der Waals surface area contributed by atoms with Gasteiger partial charge in [-0.05, 0) is 85.0 Å². The molecule has 5 nitrogen and oxygen atoms in total. The molecule has 2 fully saturated rings. The number of alkyl halides is 1. The summed E-state index contributed by atoms with van der Waals surface area (Å²) >= 11 is 7.03. The average Bonchev–Trinajstić information content (AvgIpc) is 3.60. The molecule has 0 saturated heterocycles. The third-order valence-corrected chi connectivity index (χ3v) is 9.18. The summed E-state index contributed by atoms with van der Waals surface area (Å²) in [7, 11) is 0. The van der Waals surface area contributed by atoms with E-state index in [1.165, 1.54) is 63.4 Å². The molecule has 2 aliphatic carbocycles. The van der Waals surface area contributed by atoms with Gasteiger partial charge in [-0.2, -0.15) is 0 Å². The van der Waals surface area contributed by atoms with Crippen LogP contribution in [0.4, 0.5) is 17.2 Å². The van der Waals surface area contributed by atoms with E-state index in [0.29, 0.717) is 24.4 Å². The number of benzene rings is 2. The number of pyridine rings is 1. The van der Waals surface area contributed by atoms with E-state index in [9.17, 15) is 4.79 Å². The Morgan fingerprint density at radius 3 is 2.36 bits per heavy atom. The highest BCUT2D eigenvalue weighted by molar-refractivity contribution is 6.25. The fourth-order valence-corrected chi connectivity index (χ4v) is 7.04. The lowest BCUT2D eigenvalue weighted by Crippen LogP contribution is -2.38. The first kappa shape index (κ1) is 26.2. The molecule has 6 heteroatoms. The standard InChI is InChI=1S/C33H38ClN3O2/c1-2-39-33(38)32-31(34)28-20-25(24-14-12-23(13-15-24)22-8-4-3-5-9-22)16-18-29(28)37(32)30-19-17-27(21-35-30)36-26-10-6-7-11-26/h12-22,26,31-32,36H,2-11H2,1H3. The fourth-order valence-electron chi connectivity index (χ4n) is 6.65. The molecule has 0 spiro atoms. The van der Waals surface area contributed by atoms with Crippen molar-refractivity contribution in [2.75, 3.05) is 16.8 Å². The number of ether oxygens (including phenoxy) is 1. The first-order valence-electron chi connectivity index (χ1n) is 14.7. The van der Waals surface area contributed by atoms with Gasteiger partial charge >= 0.3 is 5.97 Å². The zero-order valence-electron chi connectivity index (χ0n) is 22.7. The number of nitrogens with zero attached hydrogens (tertiary/aromatic N) is 2. The lowest BCUT2D eigenvalue weighted by atomic mass is 9.83. The lowest BCUT2D eigenvalue weighted by molar-refractivity contribution is -0.144. The molecule has 1 aliphatic heterocycles. The second kappa shape index (κ2) is 11.6. The molecule has 2 unspecified atom stereocenters. The highest BCUT2D eigenvalue weighted by Crippen LogP contribution is 2.48. The highest BCUT2D eigenvalue weighted by Gasteiger charge is 2.44. The molecule has 2 saturated carbocycles. The average molecular weight is 544 g/mol. The van der Waals surface area contributed by atoms with Crippen molar-refractivity contribution < 1.29 is 9.53 Å². The first-order valence-corrected chi connectivity index (χ1v) is 15.1. The lowest BCUT2D eigenvalue weighted by Gasteiger charge is -2.26. The van der Waals surface area contributed by atoms with Crippen LogP contribution in [0.15, 0.2) is 60.8 Å². The highest BCUT2D eigenvalue weighted by atomic mass is 35.5. The predicted octanol–water partition coefficient (Wildman–Crippen LogP) is 8.51. The number of halogens is 1. The summed E-state index contributed by atoms with van der Waals surface area (Å²) in [5.74, 6) is 1.05. The number of anilines is 3. The molecular formula is C33H38ClN3O2. The normalized spacial score (nSPS) is 21.6. The van der Waals surface area contributed by atoms with Gasteiger partial charge in [0.05, 0.1) is 23.9 Å². The molecule has 0 radical (unpaired) electrons. The van der Waals surface area contributed by atoms with E-state index >= 15 is 0 Å². The number of nitrogens with one attached hydrogen (secondary N) is 1. The molecule has 2 aromatic carbocycles. The number of hydrogen-bond acceptors (Lipinski definition) is 5. The second-order valence-electron chi connectivity index (χ2n) is 11.2. The van der Waals surface area contributed by atoms with Gasteiger partial charge in [0.1, 0.15) is 5.82 Å². The van der Waals surface area contributed by atoms with Crippen molar-refractivity contribution in [3.8, 4) is 11.1 Å². The van der Waals surface area contributed by atoms with Crippen molar-refractivity contribution in [2.45, 2.75) is 88.1 Å². The third-order valence-electron chi connectivity index (χ3n) is 8.71. The van der Waals surface area contributed by atoms with Gasteiger partial charge in [-0.3, -0.25) is 0 Å². The maximum Gasteiger partial charge on any atom is 0.331 e. The Bertz CT molecular complexity index is 1280. The minimum Gasteiger partial charge on any atom is -0.464 e. The Kier molecular flexibility index (Phi) is 7.78. The Morgan fingerprint density at radius 1 is 0.949 bits per heavy atom. The molecule has 3 aliphatic rings. The van der Waals surface area contributed by atoms with Crippen molar-refractivity contribution in [2.24, 2.45) is 0 Å². The van der Waals surface area contributed by atoms with E-state index in [2.05, 4.69) is 47.8 Å². The molecule has 2 atom stereocenters. The van der Waals surface area contributed by atoms with Gasteiger partial charge < -0.3 is 15.0 Å². The summed E-state index contributed by atoms with van der Waals surface area (Å²) < 4.78 is 5.47. The molecule has 1 aromatic heterocycles. The summed E-state index contributed by atoms with van der Waals surface area (Å²) in [6.07, 6.45) is 13.4. The number of hydrogen-bond donors (Lipinski definition) is 1. The monoisotopic (exact) mass is 543 g/mol. The number of rotatable bonds is 7. The van der Waals surface area contributed by atoms with Crippen LogP contribution in [-0.4, -0.2) is 29.6 Å². The Morgan fingerprint density at radius 2 is 1.67 bits per heavy atom. The molecule has 1 N–H and O–H groups in total. The van der Waals surface area contributed by atoms with Gasteiger partial charge in [-0.15, -0.1) is 11.6 Å². The predicted molar refractivity (Wildman–Crippen MR) is 159 cm³/mol. The quantitative estimate of drug-likeness (QED) is 0.239. The van der Waals surface area contributed by atoms with Crippen LogP contribution >= 0.6 is 11.6 Å². The summed E-state index contributed by atoms with van der Waals surface area (Å²) in [6.45, 7) is 2.13. The van der Waals surface area contributed by atoms with Crippen LogP contribution in [0, 0.1) is 0 Å². The molecule has 0 bridgehead atoms. The molecule has 0 amide bonds.